The molecule has 1 saturated carbocycles. The highest BCUT2D eigenvalue weighted by Crippen LogP contribution is 2.46. The van der Waals surface area contributed by atoms with Crippen molar-refractivity contribution in [2.24, 2.45) is 11.8 Å². The molecule has 4 atom stereocenters. The average molecular weight is 564 g/mol. The lowest BCUT2D eigenvalue weighted by atomic mass is 9.68. The normalized spacial score (nSPS) is 27.0. The van der Waals surface area contributed by atoms with E-state index in [0.29, 0.717) is 18.5 Å². The highest BCUT2D eigenvalue weighted by Gasteiger charge is 2.38. The Balaban J connectivity index is 1.59. The van der Waals surface area contributed by atoms with E-state index < -0.39 is 29.3 Å². The summed E-state index contributed by atoms with van der Waals surface area (Å²) >= 11 is 0. The summed E-state index contributed by atoms with van der Waals surface area (Å²) in [6.07, 6.45) is 5.65. The maximum Gasteiger partial charge on any atom is 0.274 e. The molecular weight excluding hydrogens is 531 g/mol. The molecule has 9 heteroatoms. The zero-order valence-electron chi connectivity index (χ0n) is 23.0. The highest BCUT2D eigenvalue weighted by atomic mass is 19.1. The summed E-state index contributed by atoms with van der Waals surface area (Å²) in [7, 11) is 0. The summed E-state index contributed by atoms with van der Waals surface area (Å²) in [5.41, 5.74) is 0.230. The fourth-order valence-electron chi connectivity index (χ4n) is 6.63. The summed E-state index contributed by atoms with van der Waals surface area (Å²) in [5, 5.41) is 13.9. The average Bonchev–Trinajstić information content (AvgIpc) is 2.95. The van der Waals surface area contributed by atoms with Gasteiger partial charge in [0.2, 0.25) is 0 Å². The molecule has 2 aliphatic heterocycles. The lowest BCUT2D eigenvalue weighted by molar-refractivity contribution is -0.0116. The SMILES string of the molecule is C/C1=C\c2cc(C3(F)CCOCC3)cc(F)c2-c2nc(ccc2F)C(=O)Nc2cnccc2[C@H]2C[C@@H](O)[C@@H](C)[C@@H]1C2. The summed E-state index contributed by atoms with van der Waals surface area (Å²) in [5.74, 6) is -2.56. The number of halogens is 3. The fraction of sp³-hybridized carbons (Fsp3) is 0.406. The number of carbonyl (C=O) groups is 1. The molecule has 3 aliphatic rings. The number of allylic oxidation sites excluding steroid dienone is 1. The Bertz CT molecular complexity index is 1540. The van der Waals surface area contributed by atoms with Crippen molar-refractivity contribution in [1.82, 2.24) is 9.97 Å². The molecule has 3 aromatic rings. The minimum atomic E-state index is -1.79. The summed E-state index contributed by atoms with van der Waals surface area (Å²) in [4.78, 5) is 21.8. The first kappa shape index (κ1) is 27.6. The van der Waals surface area contributed by atoms with Crippen LogP contribution in [0.2, 0.25) is 0 Å². The lowest BCUT2D eigenvalue weighted by Gasteiger charge is -2.39. The molecule has 1 saturated heterocycles. The fourth-order valence-corrected chi connectivity index (χ4v) is 6.63. The predicted octanol–water partition coefficient (Wildman–Crippen LogP) is 6.56. The second kappa shape index (κ2) is 10.7. The largest absolute Gasteiger partial charge is 0.393 e. The number of aliphatic hydroxyl groups is 1. The van der Waals surface area contributed by atoms with Crippen LogP contribution in [0, 0.1) is 23.5 Å². The first-order chi connectivity index (χ1) is 19.6. The molecule has 2 aromatic heterocycles. The van der Waals surface area contributed by atoms with Gasteiger partial charge in [-0.3, -0.25) is 9.78 Å². The maximum atomic E-state index is 16.1. The summed E-state index contributed by atoms with van der Waals surface area (Å²) in [6.45, 7) is 4.31. The van der Waals surface area contributed by atoms with Crippen molar-refractivity contribution >= 4 is 17.7 Å². The number of carbonyl (C=O) groups excluding carboxylic acids is 1. The van der Waals surface area contributed by atoms with E-state index in [1.807, 2.05) is 19.9 Å². The van der Waals surface area contributed by atoms with Gasteiger partial charge in [-0.1, -0.05) is 18.6 Å². The number of rotatable bonds is 1. The van der Waals surface area contributed by atoms with Crippen LogP contribution in [0.3, 0.4) is 0 Å². The Morgan fingerprint density at radius 3 is 2.66 bits per heavy atom. The van der Waals surface area contributed by atoms with Gasteiger partial charge in [0.1, 0.15) is 28.7 Å². The van der Waals surface area contributed by atoms with E-state index >= 15 is 13.2 Å². The van der Waals surface area contributed by atoms with Gasteiger partial charge in [0.05, 0.1) is 18.0 Å². The number of alkyl halides is 1. The number of aliphatic hydroxyl groups excluding tert-OH is 1. The number of hydrogen-bond donors (Lipinski definition) is 2. The van der Waals surface area contributed by atoms with Crippen LogP contribution in [-0.4, -0.2) is 40.3 Å². The van der Waals surface area contributed by atoms with Crippen LogP contribution < -0.4 is 5.32 Å². The van der Waals surface area contributed by atoms with Crippen molar-refractivity contribution < 1.29 is 27.8 Å². The Kier molecular flexibility index (Phi) is 7.20. The maximum absolute atomic E-state index is 16.1. The van der Waals surface area contributed by atoms with Gasteiger partial charge < -0.3 is 15.2 Å². The van der Waals surface area contributed by atoms with Crippen molar-refractivity contribution in [1.29, 1.82) is 0 Å². The number of amides is 1. The Labute approximate surface area is 236 Å². The summed E-state index contributed by atoms with van der Waals surface area (Å²) in [6, 6.07) is 6.83. The second-order valence-electron chi connectivity index (χ2n) is 11.5. The third kappa shape index (κ3) is 5.06. The molecule has 2 N–H and O–H groups in total. The molecule has 2 fully saturated rings. The van der Waals surface area contributed by atoms with Crippen LogP contribution in [0.4, 0.5) is 18.9 Å². The molecule has 41 heavy (non-hydrogen) atoms. The third-order valence-corrected chi connectivity index (χ3v) is 9.06. The molecule has 4 heterocycles. The quantitative estimate of drug-likeness (QED) is 0.351. The molecule has 6 nitrogen and oxygen atoms in total. The van der Waals surface area contributed by atoms with Gasteiger partial charge in [-0.05, 0) is 84.5 Å². The zero-order valence-corrected chi connectivity index (χ0v) is 23.0. The van der Waals surface area contributed by atoms with Crippen molar-refractivity contribution in [3.05, 3.63) is 82.3 Å². The molecule has 0 radical (unpaired) electrons. The van der Waals surface area contributed by atoms with Crippen molar-refractivity contribution in [3.8, 4) is 11.3 Å². The van der Waals surface area contributed by atoms with Crippen molar-refractivity contribution in [2.45, 2.75) is 57.2 Å². The van der Waals surface area contributed by atoms with E-state index in [9.17, 15) is 9.90 Å². The van der Waals surface area contributed by atoms with E-state index in [-0.39, 0.29) is 71.9 Å². The van der Waals surface area contributed by atoms with Gasteiger partial charge in [-0.2, -0.15) is 0 Å². The van der Waals surface area contributed by atoms with Gasteiger partial charge in [-0.25, -0.2) is 18.2 Å². The molecule has 1 aromatic carbocycles. The van der Waals surface area contributed by atoms with Gasteiger partial charge in [0, 0.05) is 37.8 Å². The topological polar surface area (TPSA) is 84.3 Å². The Morgan fingerprint density at radius 2 is 1.88 bits per heavy atom. The van der Waals surface area contributed by atoms with Crippen molar-refractivity contribution in [2.75, 3.05) is 18.5 Å². The highest BCUT2D eigenvalue weighted by molar-refractivity contribution is 6.03. The summed E-state index contributed by atoms with van der Waals surface area (Å²) < 4.78 is 52.8. The Hall–Kier alpha value is -3.56. The van der Waals surface area contributed by atoms with E-state index in [4.69, 9.17) is 4.74 Å². The molecule has 1 amide bonds. The third-order valence-electron chi connectivity index (χ3n) is 9.06. The standard InChI is InChI=1S/C32H32F3N3O3/c1-17-11-20-12-21(32(35)6-9-41-10-7-32)15-25(34)29(20)30-24(33)3-4-26(37-30)31(40)38-27-16-36-8-5-22(27)19-13-23(17)18(2)28(39)14-19/h3-5,8,11-12,15-16,18-19,23,28,39H,6-7,9-10,13-14H2,1-2H3,(H,38,40)/b17-11+/t18-,19+,23+,28+/m0/s1. The van der Waals surface area contributed by atoms with E-state index in [1.54, 1.807) is 24.5 Å². The van der Waals surface area contributed by atoms with E-state index in [2.05, 4.69) is 15.3 Å². The number of pyridine rings is 2. The van der Waals surface area contributed by atoms with Crippen molar-refractivity contribution in [3.63, 3.8) is 0 Å². The molecule has 0 spiro atoms. The minimum absolute atomic E-state index is 0.0813. The van der Waals surface area contributed by atoms with Crippen LogP contribution in [-0.2, 0) is 10.4 Å². The molecule has 0 unspecified atom stereocenters. The Morgan fingerprint density at radius 1 is 1.10 bits per heavy atom. The molecule has 6 rings (SSSR count). The van der Waals surface area contributed by atoms with Gasteiger partial charge in [0.15, 0.2) is 0 Å². The van der Waals surface area contributed by atoms with Crippen LogP contribution in [0.25, 0.3) is 17.3 Å². The molecule has 214 valence electrons. The van der Waals surface area contributed by atoms with Crippen LogP contribution in [0.15, 0.2) is 48.3 Å². The molecular formula is C32H32F3N3O3. The number of hydrogen-bond acceptors (Lipinski definition) is 5. The number of ether oxygens (including phenoxy) is 1. The number of benzene rings is 1. The number of aromatic nitrogens is 2. The number of nitrogens with one attached hydrogen (secondary N) is 1. The predicted molar refractivity (Wildman–Crippen MR) is 149 cm³/mol. The van der Waals surface area contributed by atoms with Gasteiger partial charge >= 0.3 is 0 Å². The minimum Gasteiger partial charge on any atom is -0.393 e. The number of anilines is 1. The van der Waals surface area contributed by atoms with Crippen LogP contribution >= 0.6 is 0 Å². The van der Waals surface area contributed by atoms with E-state index in [0.717, 1.165) is 23.3 Å². The van der Waals surface area contributed by atoms with Crippen LogP contribution in [0.1, 0.15) is 72.6 Å². The van der Waals surface area contributed by atoms with Gasteiger partial charge in [-0.15, -0.1) is 0 Å². The monoisotopic (exact) mass is 563 g/mol. The first-order valence-electron chi connectivity index (χ1n) is 14.0. The smallest absolute Gasteiger partial charge is 0.274 e. The molecule has 4 bridgehead atoms. The van der Waals surface area contributed by atoms with Crippen LogP contribution in [0.5, 0.6) is 0 Å². The lowest BCUT2D eigenvalue weighted by Crippen LogP contribution is -2.35. The number of fused-ring (bicyclic) bond motifs is 8. The van der Waals surface area contributed by atoms with E-state index in [1.165, 1.54) is 6.07 Å². The zero-order chi connectivity index (χ0) is 28.9. The second-order valence-corrected chi connectivity index (χ2v) is 11.5. The first-order valence-corrected chi connectivity index (χ1v) is 14.0. The van der Waals surface area contributed by atoms with Gasteiger partial charge in [0.25, 0.3) is 5.91 Å². The molecule has 1 aliphatic carbocycles. The number of nitrogens with zero attached hydrogens (tertiary/aromatic N) is 2.